The molecule has 2 amide bonds. The number of nitrogens with one attached hydrogen (secondary N) is 1. The average molecular weight is 605 g/mol. The summed E-state index contributed by atoms with van der Waals surface area (Å²) in [6.07, 6.45) is 1.06. The van der Waals surface area contributed by atoms with Gasteiger partial charge in [-0.05, 0) is 62.6 Å². The summed E-state index contributed by atoms with van der Waals surface area (Å²) in [7, 11) is -4.23. The van der Waals surface area contributed by atoms with E-state index in [1.165, 1.54) is 29.2 Å². The highest BCUT2D eigenvalue weighted by Crippen LogP contribution is 2.33. The molecule has 3 aromatic carbocycles. The van der Waals surface area contributed by atoms with E-state index in [0.29, 0.717) is 6.42 Å². The van der Waals surface area contributed by atoms with E-state index in [1.807, 2.05) is 52.0 Å². The molecule has 10 heteroatoms. The first-order valence-corrected chi connectivity index (χ1v) is 15.4. The van der Waals surface area contributed by atoms with E-state index in [2.05, 4.69) is 5.32 Å². The minimum Gasteiger partial charge on any atom is -0.352 e. The lowest BCUT2D eigenvalue weighted by molar-refractivity contribution is -0.140. The largest absolute Gasteiger partial charge is 0.352 e. The van der Waals surface area contributed by atoms with Crippen LogP contribution in [0.25, 0.3) is 0 Å². The summed E-state index contributed by atoms with van der Waals surface area (Å²) >= 11 is 12.7. The smallest absolute Gasteiger partial charge is 0.264 e. The molecule has 2 atom stereocenters. The fraction of sp³-hybridized carbons (Fsp3) is 0.333. The molecule has 40 heavy (non-hydrogen) atoms. The lowest BCUT2D eigenvalue weighted by Gasteiger charge is -2.34. The van der Waals surface area contributed by atoms with Crippen LogP contribution in [0.4, 0.5) is 5.69 Å². The van der Waals surface area contributed by atoms with Crippen LogP contribution >= 0.6 is 23.2 Å². The number of sulfonamides is 1. The van der Waals surface area contributed by atoms with Gasteiger partial charge < -0.3 is 10.2 Å². The highest BCUT2D eigenvalue weighted by molar-refractivity contribution is 7.92. The van der Waals surface area contributed by atoms with E-state index in [9.17, 15) is 18.0 Å². The molecule has 0 aromatic heterocycles. The van der Waals surface area contributed by atoms with Crippen molar-refractivity contribution in [3.05, 3.63) is 94.0 Å². The molecule has 0 aliphatic carbocycles. The van der Waals surface area contributed by atoms with Crippen LogP contribution in [0.5, 0.6) is 0 Å². The molecule has 0 aliphatic rings. The monoisotopic (exact) mass is 603 g/mol. The van der Waals surface area contributed by atoms with Crippen molar-refractivity contribution in [3.63, 3.8) is 0 Å². The number of halogens is 2. The van der Waals surface area contributed by atoms with E-state index in [4.69, 9.17) is 23.2 Å². The molecule has 0 unspecified atom stereocenters. The van der Waals surface area contributed by atoms with Crippen LogP contribution in [0.1, 0.15) is 44.7 Å². The van der Waals surface area contributed by atoms with Gasteiger partial charge in [0, 0.05) is 17.6 Å². The highest BCUT2D eigenvalue weighted by atomic mass is 35.5. The first kappa shape index (κ1) is 31.5. The van der Waals surface area contributed by atoms with Gasteiger partial charge in [-0.25, -0.2) is 8.42 Å². The van der Waals surface area contributed by atoms with E-state index >= 15 is 0 Å². The third kappa shape index (κ3) is 7.77. The minimum atomic E-state index is -4.23. The van der Waals surface area contributed by atoms with Crippen LogP contribution < -0.4 is 9.62 Å². The van der Waals surface area contributed by atoms with Gasteiger partial charge in [-0.15, -0.1) is 0 Å². The summed E-state index contributed by atoms with van der Waals surface area (Å²) in [4.78, 5) is 28.9. The van der Waals surface area contributed by atoms with Crippen molar-refractivity contribution in [1.29, 1.82) is 0 Å². The lowest BCUT2D eigenvalue weighted by Crippen LogP contribution is -2.53. The topological polar surface area (TPSA) is 86.8 Å². The van der Waals surface area contributed by atoms with Crippen molar-refractivity contribution in [2.45, 2.75) is 64.1 Å². The number of benzene rings is 3. The van der Waals surface area contributed by atoms with Gasteiger partial charge in [0.25, 0.3) is 10.0 Å². The van der Waals surface area contributed by atoms with Gasteiger partial charge in [0.2, 0.25) is 11.8 Å². The number of carbonyl (C=O) groups is 2. The van der Waals surface area contributed by atoms with Gasteiger partial charge in [-0.3, -0.25) is 13.9 Å². The van der Waals surface area contributed by atoms with Crippen LogP contribution in [-0.4, -0.2) is 43.8 Å². The molecule has 0 heterocycles. The van der Waals surface area contributed by atoms with Crippen molar-refractivity contribution < 1.29 is 18.0 Å². The molecule has 0 fully saturated rings. The minimum absolute atomic E-state index is 0.00867. The van der Waals surface area contributed by atoms with Gasteiger partial charge in [0.15, 0.2) is 0 Å². The SMILES string of the molecule is CC[C@H](C(=O)N[C@@H](C)CC)N(Cc1cccc(C)c1)C(=O)CN(c1cc(Cl)ccc1Cl)S(=O)(=O)c1ccccc1. The molecule has 0 saturated heterocycles. The fourth-order valence-corrected chi connectivity index (χ4v) is 6.16. The van der Waals surface area contributed by atoms with Gasteiger partial charge in [0.05, 0.1) is 15.6 Å². The number of amides is 2. The van der Waals surface area contributed by atoms with Crippen molar-refractivity contribution in [3.8, 4) is 0 Å². The number of aryl methyl sites for hydroxylation is 1. The van der Waals surface area contributed by atoms with E-state index in [-0.39, 0.29) is 39.1 Å². The standard InChI is InChI=1S/C30H35Cl2N3O4S/c1-5-22(4)33-30(37)27(6-2)34(19-23-12-10-11-21(3)17-23)29(36)20-35(28-18-24(31)15-16-26(28)32)40(38,39)25-13-8-7-9-14-25/h7-18,22,27H,5-6,19-20H2,1-4H3,(H,33,37)/t22-,27+/m0/s1. The summed E-state index contributed by atoms with van der Waals surface area (Å²) in [5.74, 6) is -0.848. The Balaban J connectivity index is 2.09. The van der Waals surface area contributed by atoms with Crippen LogP contribution in [0.15, 0.2) is 77.7 Å². The van der Waals surface area contributed by atoms with Gasteiger partial charge in [0.1, 0.15) is 12.6 Å². The molecule has 0 bridgehead atoms. The van der Waals surface area contributed by atoms with E-state index < -0.39 is 28.5 Å². The normalized spacial score (nSPS) is 12.8. The highest BCUT2D eigenvalue weighted by Gasteiger charge is 2.34. The van der Waals surface area contributed by atoms with Crippen molar-refractivity contribution >= 4 is 50.7 Å². The summed E-state index contributed by atoms with van der Waals surface area (Å²) in [5.41, 5.74) is 1.89. The first-order valence-electron chi connectivity index (χ1n) is 13.2. The van der Waals surface area contributed by atoms with Crippen molar-refractivity contribution in [1.82, 2.24) is 10.2 Å². The predicted octanol–water partition coefficient (Wildman–Crippen LogP) is 6.22. The zero-order valence-electron chi connectivity index (χ0n) is 23.1. The molecule has 0 saturated carbocycles. The quantitative estimate of drug-likeness (QED) is 0.266. The molecule has 214 valence electrons. The molecule has 3 aromatic rings. The van der Waals surface area contributed by atoms with Gasteiger partial charge in [-0.1, -0.05) is 85.1 Å². The number of hydrogen-bond acceptors (Lipinski definition) is 4. The van der Waals surface area contributed by atoms with Crippen molar-refractivity contribution in [2.24, 2.45) is 0 Å². The van der Waals surface area contributed by atoms with E-state index in [1.54, 1.807) is 24.3 Å². The molecule has 1 N–H and O–H groups in total. The third-order valence-corrected chi connectivity index (χ3v) is 8.94. The van der Waals surface area contributed by atoms with E-state index in [0.717, 1.165) is 21.9 Å². The second kappa shape index (κ2) is 14.0. The summed E-state index contributed by atoms with van der Waals surface area (Å²) < 4.78 is 28.7. The Bertz CT molecular complexity index is 1430. The number of nitrogens with zero attached hydrogens (tertiary/aromatic N) is 2. The second-order valence-corrected chi connectivity index (χ2v) is 12.4. The van der Waals surface area contributed by atoms with Crippen LogP contribution in [0.2, 0.25) is 10.0 Å². The van der Waals surface area contributed by atoms with Crippen LogP contribution in [-0.2, 0) is 26.2 Å². The van der Waals surface area contributed by atoms with Gasteiger partial charge in [-0.2, -0.15) is 0 Å². The Morgan fingerprint density at radius 2 is 1.62 bits per heavy atom. The molecule has 3 rings (SSSR count). The second-order valence-electron chi connectivity index (χ2n) is 9.67. The summed E-state index contributed by atoms with van der Waals surface area (Å²) in [6.45, 7) is 7.16. The third-order valence-electron chi connectivity index (χ3n) is 6.61. The molecular formula is C30H35Cl2N3O4S. The Labute approximate surface area is 247 Å². The Morgan fingerprint density at radius 1 is 0.925 bits per heavy atom. The van der Waals surface area contributed by atoms with Crippen LogP contribution in [0.3, 0.4) is 0 Å². The Morgan fingerprint density at radius 3 is 2.25 bits per heavy atom. The zero-order valence-corrected chi connectivity index (χ0v) is 25.4. The maximum Gasteiger partial charge on any atom is 0.264 e. The molecule has 7 nitrogen and oxygen atoms in total. The zero-order chi connectivity index (χ0) is 29.4. The Hall–Kier alpha value is -3.07. The molecule has 0 spiro atoms. The number of hydrogen-bond donors (Lipinski definition) is 1. The maximum absolute atomic E-state index is 14.1. The Kier molecular flexibility index (Phi) is 11.0. The molecule has 0 aliphatic heterocycles. The lowest BCUT2D eigenvalue weighted by atomic mass is 10.1. The number of anilines is 1. The fourth-order valence-electron chi connectivity index (χ4n) is 4.28. The number of carbonyl (C=O) groups excluding carboxylic acids is 2. The van der Waals surface area contributed by atoms with Gasteiger partial charge >= 0.3 is 0 Å². The summed E-state index contributed by atoms with van der Waals surface area (Å²) in [6, 6.07) is 19.0. The predicted molar refractivity (Wildman–Crippen MR) is 161 cm³/mol. The van der Waals surface area contributed by atoms with Crippen LogP contribution in [0, 0.1) is 6.92 Å². The number of rotatable bonds is 12. The maximum atomic E-state index is 14.1. The molecule has 0 radical (unpaired) electrons. The van der Waals surface area contributed by atoms with Crippen molar-refractivity contribution in [2.75, 3.05) is 10.8 Å². The molecular weight excluding hydrogens is 569 g/mol. The summed E-state index contributed by atoms with van der Waals surface area (Å²) in [5, 5.41) is 3.34. The average Bonchev–Trinajstić information content (AvgIpc) is 2.93. The first-order chi connectivity index (χ1) is 19.0.